The van der Waals surface area contributed by atoms with Crippen LogP contribution in [0.25, 0.3) is 0 Å². The van der Waals surface area contributed by atoms with Gasteiger partial charge in [-0.2, -0.15) is 0 Å². The lowest BCUT2D eigenvalue weighted by atomic mass is 9.93. The Morgan fingerprint density at radius 1 is 1.16 bits per heavy atom. The van der Waals surface area contributed by atoms with Gasteiger partial charge < -0.3 is 10.2 Å². The van der Waals surface area contributed by atoms with Crippen LogP contribution in [0.5, 0.6) is 0 Å². The molecule has 3 heterocycles. The molecule has 1 unspecified atom stereocenters. The van der Waals surface area contributed by atoms with Crippen LogP contribution in [0.4, 0.5) is 11.8 Å². The van der Waals surface area contributed by atoms with Gasteiger partial charge >= 0.3 is 0 Å². The number of pyridine rings is 1. The van der Waals surface area contributed by atoms with Gasteiger partial charge in [-0.15, -0.1) is 0 Å². The Bertz CT molecular complexity index is 693. The Hall–Kier alpha value is -2.01. The van der Waals surface area contributed by atoms with E-state index in [4.69, 9.17) is 4.98 Å². The summed E-state index contributed by atoms with van der Waals surface area (Å²) in [6.07, 6.45) is 2.46. The summed E-state index contributed by atoms with van der Waals surface area (Å²) in [4.78, 5) is 16.3. The molecule has 0 aromatic carbocycles. The van der Waals surface area contributed by atoms with E-state index in [1.807, 2.05) is 26.0 Å². The number of nitrogens with zero attached hydrogens (tertiary/aromatic N) is 4. The summed E-state index contributed by atoms with van der Waals surface area (Å²) in [5.41, 5.74) is 3.09. The number of rotatable bonds is 5. The van der Waals surface area contributed by atoms with Crippen molar-refractivity contribution < 1.29 is 0 Å². The fourth-order valence-electron chi connectivity index (χ4n) is 3.62. The highest BCUT2D eigenvalue weighted by Crippen LogP contribution is 2.27. The molecule has 0 radical (unpaired) electrons. The highest BCUT2D eigenvalue weighted by molar-refractivity contribution is 5.48. The Morgan fingerprint density at radius 2 is 1.92 bits per heavy atom. The predicted octanol–water partition coefficient (Wildman–Crippen LogP) is 4.07. The van der Waals surface area contributed by atoms with Gasteiger partial charge in [-0.05, 0) is 57.4 Å². The zero-order chi connectivity index (χ0) is 17.8. The molecule has 1 fully saturated rings. The number of hydrogen-bond acceptors (Lipinski definition) is 5. The third kappa shape index (κ3) is 4.98. The Kier molecular flexibility index (Phi) is 5.63. The molecule has 0 spiro atoms. The van der Waals surface area contributed by atoms with Crippen LogP contribution in [0, 0.1) is 19.8 Å². The standard InChI is InChI=1S/C20H29N5/c1-14(2)12-25-10-6-7-17(13-25)18-8-5-9-19(23-18)24-20-21-15(3)11-16(4)22-20/h5,8-9,11,14,17H,6-7,10,12-13H2,1-4H3,(H,21,22,23,24). The lowest BCUT2D eigenvalue weighted by Crippen LogP contribution is -2.37. The van der Waals surface area contributed by atoms with Crippen LogP contribution in [0.3, 0.4) is 0 Å². The molecule has 3 rings (SSSR count). The minimum atomic E-state index is 0.509. The van der Waals surface area contributed by atoms with Crippen LogP contribution >= 0.6 is 0 Å². The summed E-state index contributed by atoms with van der Waals surface area (Å²) in [7, 11) is 0. The van der Waals surface area contributed by atoms with Gasteiger partial charge in [-0.3, -0.25) is 0 Å². The number of anilines is 2. The number of nitrogens with one attached hydrogen (secondary N) is 1. The summed E-state index contributed by atoms with van der Waals surface area (Å²) in [6, 6.07) is 8.19. The predicted molar refractivity (Wildman–Crippen MR) is 102 cm³/mol. The second-order valence-electron chi connectivity index (χ2n) is 7.54. The highest BCUT2D eigenvalue weighted by atomic mass is 15.2. The van der Waals surface area contributed by atoms with Gasteiger partial charge in [0.1, 0.15) is 5.82 Å². The molecular weight excluding hydrogens is 310 g/mol. The number of hydrogen-bond donors (Lipinski definition) is 1. The van der Waals surface area contributed by atoms with E-state index in [-0.39, 0.29) is 0 Å². The van der Waals surface area contributed by atoms with Crippen LogP contribution in [-0.2, 0) is 0 Å². The average molecular weight is 339 g/mol. The third-order valence-corrected chi connectivity index (χ3v) is 4.54. The molecule has 5 nitrogen and oxygen atoms in total. The van der Waals surface area contributed by atoms with Crippen LogP contribution in [-0.4, -0.2) is 39.5 Å². The molecule has 0 aliphatic carbocycles. The molecule has 2 aromatic rings. The topological polar surface area (TPSA) is 53.9 Å². The van der Waals surface area contributed by atoms with Crippen molar-refractivity contribution in [3.63, 3.8) is 0 Å². The molecule has 1 atom stereocenters. The maximum atomic E-state index is 4.85. The molecule has 1 saturated heterocycles. The van der Waals surface area contributed by atoms with E-state index in [0.717, 1.165) is 23.8 Å². The molecule has 25 heavy (non-hydrogen) atoms. The van der Waals surface area contributed by atoms with Crippen molar-refractivity contribution in [3.8, 4) is 0 Å². The van der Waals surface area contributed by atoms with Crippen molar-refractivity contribution in [1.29, 1.82) is 0 Å². The Labute approximate surface area is 150 Å². The van der Waals surface area contributed by atoms with Crippen molar-refractivity contribution in [3.05, 3.63) is 41.3 Å². The first-order valence-electron chi connectivity index (χ1n) is 9.28. The van der Waals surface area contributed by atoms with Crippen LogP contribution in [0.15, 0.2) is 24.3 Å². The molecule has 2 aromatic heterocycles. The van der Waals surface area contributed by atoms with E-state index < -0.39 is 0 Å². The minimum Gasteiger partial charge on any atom is -0.309 e. The lowest BCUT2D eigenvalue weighted by molar-refractivity contribution is 0.186. The third-order valence-electron chi connectivity index (χ3n) is 4.54. The van der Waals surface area contributed by atoms with Gasteiger partial charge in [0.05, 0.1) is 0 Å². The second kappa shape index (κ2) is 7.91. The van der Waals surface area contributed by atoms with Crippen LogP contribution < -0.4 is 5.32 Å². The van der Waals surface area contributed by atoms with Crippen molar-refractivity contribution in [2.24, 2.45) is 5.92 Å². The van der Waals surface area contributed by atoms with Crippen molar-refractivity contribution in [2.45, 2.75) is 46.5 Å². The van der Waals surface area contributed by atoms with Gasteiger partial charge in [0.2, 0.25) is 5.95 Å². The summed E-state index contributed by atoms with van der Waals surface area (Å²) >= 11 is 0. The van der Waals surface area contributed by atoms with Crippen molar-refractivity contribution in [1.82, 2.24) is 19.9 Å². The molecule has 1 N–H and O–H groups in total. The van der Waals surface area contributed by atoms with Crippen LogP contribution in [0.1, 0.15) is 49.7 Å². The van der Waals surface area contributed by atoms with E-state index in [0.29, 0.717) is 17.8 Å². The van der Waals surface area contributed by atoms with E-state index in [2.05, 4.69) is 46.2 Å². The Morgan fingerprint density at radius 3 is 2.64 bits per heavy atom. The first-order chi connectivity index (χ1) is 12.0. The lowest BCUT2D eigenvalue weighted by Gasteiger charge is -2.33. The molecule has 0 bridgehead atoms. The SMILES string of the molecule is Cc1cc(C)nc(Nc2cccc(C3CCCN(CC(C)C)C3)n2)n1. The number of aryl methyl sites for hydroxylation is 2. The summed E-state index contributed by atoms with van der Waals surface area (Å²) < 4.78 is 0. The van der Waals surface area contributed by atoms with Crippen molar-refractivity contribution in [2.75, 3.05) is 25.0 Å². The summed E-state index contributed by atoms with van der Waals surface area (Å²) in [6.45, 7) is 12.0. The van der Waals surface area contributed by atoms with Gasteiger partial charge in [0.15, 0.2) is 0 Å². The molecule has 1 aliphatic heterocycles. The highest BCUT2D eigenvalue weighted by Gasteiger charge is 2.22. The summed E-state index contributed by atoms with van der Waals surface area (Å²) in [5, 5.41) is 3.26. The molecule has 0 amide bonds. The molecule has 0 saturated carbocycles. The van der Waals surface area contributed by atoms with Gasteiger partial charge in [0.25, 0.3) is 0 Å². The first kappa shape index (κ1) is 17.8. The molecule has 1 aliphatic rings. The zero-order valence-electron chi connectivity index (χ0n) is 15.8. The molecular formula is C20H29N5. The molecule has 5 heteroatoms. The second-order valence-corrected chi connectivity index (χ2v) is 7.54. The normalized spacial score (nSPS) is 18.5. The zero-order valence-corrected chi connectivity index (χ0v) is 15.8. The largest absolute Gasteiger partial charge is 0.309 e. The van der Waals surface area contributed by atoms with Crippen molar-refractivity contribution >= 4 is 11.8 Å². The van der Waals surface area contributed by atoms with Crippen LogP contribution in [0.2, 0.25) is 0 Å². The minimum absolute atomic E-state index is 0.509. The Balaban J connectivity index is 1.72. The quantitative estimate of drug-likeness (QED) is 0.890. The average Bonchev–Trinajstić information content (AvgIpc) is 2.54. The van der Waals surface area contributed by atoms with E-state index >= 15 is 0 Å². The monoisotopic (exact) mass is 339 g/mol. The van der Waals surface area contributed by atoms with E-state index in [1.165, 1.54) is 31.6 Å². The molecule has 134 valence electrons. The van der Waals surface area contributed by atoms with Gasteiger partial charge in [-0.25, -0.2) is 15.0 Å². The number of aromatic nitrogens is 3. The van der Waals surface area contributed by atoms with E-state index in [1.54, 1.807) is 0 Å². The van der Waals surface area contributed by atoms with Gasteiger partial charge in [-0.1, -0.05) is 19.9 Å². The fourth-order valence-corrected chi connectivity index (χ4v) is 3.62. The fraction of sp³-hybridized carbons (Fsp3) is 0.550. The number of likely N-dealkylation sites (tertiary alicyclic amines) is 1. The maximum absolute atomic E-state index is 4.85. The smallest absolute Gasteiger partial charge is 0.228 e. The number of piperidine rings is 1. The maximum Gasteiger partial charge on any atom is 0.228 e. The summed E-state index contributed by atoms with van der Waals surface area (Å²) in [5.74, 6) is 2.66. The van der Waals surface area contributed by atoms with E-state index in [9.17, 15) is 0 Å². The first-order valence-corrected chi connectivity index (χ1v) is 9.28. The van der Waals surface area contributed by atoms with Gasteiger partial charge in [0, 0.05) is 36.1 Å².